The van der Waals surface area contributed by atoms with Gasteiger partial charge in [0.15, 0.2) is 0 Å². The lowest BCUT2D eigenvalue weighted by Gasteiger charge is -2.37. The fourth-order valence-corrected chi connectivity index (χ4v) is 11.2. The van der Waals surface area contributed by atoms with Crippen molar-refractivity contribution in [1.29, 1.82) is 0 Å². The highest BCUT2D eigenvalue weighted by Crippen LogP contribution is 2.54. The van der Waals surface area contributed by atoms with Crippen molar-refractivity contribution in [2.45, 2.75) is 37.5 Å². The van der Waals surface area contributed by atoms with E-state index < -0.39 is 5.41 Å². The Morgan fingerprint density at radius 2 is 0.662 bits per heavy atom. The van der Waals surface area contributed by atoms with E-state index >= 15 is 0 Å². The molecule has 0 aromatic heterocycles. The molecule has 0 atom stereocenters. The van der Waals surface area contributed by atoms with Crippen LogP contribution in [0.15, 0.2) is 261 Å². The predicted molar refractivity (Wildman–Crippen MR) is 302 cm³/mol. The van der Waals surface area contributed by atoms with E-state index in [0.29, 0.717) is 0 Å². The molecule has 1 nitrogen and oxygen atoms in total. The van der Waals surface area contributed by atoms with Crippen LogP contribution in [-0.2, 0) is 10.8 Å². The molecular formula is C70H57N. The van der Waals surface area contributed by atoms with Crippen LogP contribution >= 0.6 is 0 Å². The first-order chi connectivity index (χ1) is 35.1. The van der Waals surface area contributed by atoms with Crippen molar-refractivity contribution >= 4 is 41.4 Å². The Bertz CT molecular complexity index is 3290. The van der Waals surface area contributed by atoms with Crippen LogP contribution in [0.1, 0.15) is 82.3 Å². The molecule has 10 aromatic carbocycles. The van der Waals surface area contributed by atoms with Crippen LogP contribution in [0.3, 0.4) is 0 Å². The monoisotopic (exact) mass is 911 g/mol. The zero-order valence-corrected chi connectivity index (χ0v) is 40.5. The first kappa shape index (κ1) is 45.0. The first-order valence-corrected chi connectivity index (χ1v) is 25.1. The first-order valence-electron chi connectivity index (χ1n) is 25.1. The van der Waals surface area contributed by atoms with Crippen molar-refractivity contribution < 1.29 is 0 Å². The number of para-hydroxylation sites is 2. The Kier molecular flexibility index (Phi) is 12.6. The number of benzene rings is 10. The molecule has 0 N–H and O–H groups in total. The summed E-state index contributed by atoms with van der Waals surface area (Å²) in [6.45, 7) is 4.70. The van der Waals surface area contributed by atoms with Gasteiger partial charge < -0.3 is 4.90 Å². The highest BCUT2D eigenvalue weighted by atomic mass is 15.1. The van der Waals surface area contributed by atoms with Crippen molar-refractivity contribution in [3.8, 4) is 22.3 Å². The topological polar surface area (TPSA) is 3.24 Å². The summed E-state index contributed by atoms with van der Waals surface area (Å²) in [5.41, 5.74) is 20.6. The van der Waals surface area contributed by atoms with Crippen molar-refractivity contribution in [1.82, 2.24) is 0 Å². The van der Waals surface area contributed by atoms with Gasteiger partial charge in [-0.2, -0.15) is 0 Å². The number of hydrogen-bond donors (Lipinski definition) is 0. The Morgan fingerprint density at radius 3 is 1.10 bits per heavy atom. The highest BCUT2D eigenvalue weighted by Gasteiger charge is 2.41. The lowest BCUT2D eigenvalue weighted by Crippen LogP contribution is -2.30. The smallest absolute Gasteiger partial charge is 0.0701 e. The summed E-state index contributed by atoms with van der Waals surface area (Å²) in [6.07, 6.45) is 11.0. The van der Waals surface area contributed by atoms with Gasteiger partial charge in [0.05, 0.1) is 5.41 Å². The normalized spacial score (nSPS) is 12.8. The lowest BCUT2D eigenvalue weighted by molar-refractivity contribution is 0.490. The molecule has 0 unspecified atom stereocenters. The van der Waals surface area contributed by atoms with E-state index in [1.807, 2.05) is 0 Å². The van der Waals surface area contributed by atoms with E-state index in [1.54, 1.807) is 0 Å². The van der Waals surface area contributed by atoms with E-state index in [1.165, 1.54) is 83.6 Å². The molecule has 0 heterocycles. The lowest BCUT2D eigenvalue weighted by atomic mass is 9.65. The van der Waals surface area contributed by atoms with Gasteiger partial charge in [0, 0.05) is 22.5 Å². The number of hydrogen-bond acceptors (Lipinski definition) is 1. The second-order valence-corrected chi connectivity index (χ2v) is 18.7. The molecule has 0 radical (unpaired) electrons. The van der Waals surface area contributed by atoms with Crippen molar-refractivity contribution in [3.63, 3.8) is 0 Å². The molecule has 1 heteroatoms. The third kappa shape index (κ3) is 8.55. The quantitative estimate of drug-likeness (QED) is 0.0776. The molecule has 0 spiro atoms. The molecule has 0 bridgehead atoms. The largest absolute Gasteiger partial charge is 0.310 e. The molecule has 1 aliphatic carbocycles. The number of anilines is 3. The second-order valence-electron chi connectivity index (χ2n) is 18.7. The number of rotatable bonds is 14. The van der Waals surface area contributed by atoms with Crippen LogP contribution < -0.4 is 4.90 Å². The summed E-state index contributed by atoms with van der Waals surface area (Å²) < 4.78 is 0. The third-order valence-electron chi connectivity index (χ3n) is 14.9. The highest BCUT2D eigenvalue weighted by molar-refractivity contribution is 5.87. The van der Waals surface area contributed by atoms with E-state index in [-0.39, 0.29) is 5.41 Å². The molecule has 0 saturated heterocycles. The Labute approximate surface area is 420 Å². The minimum atomic E-state index is -0.458. The van der Waals surface area contributed by atoms with Crippen LogP contribution in [0.25, 0.3) is 46.6 Å². The number of nitrogens with zero attached hydrogens (tertiary/aromatic N) is 1. The molecule has 71 heavy (non-hydrogen) atoms. The number of fused-ring (bicyclic) bond motifs is 3. The summed E-state index contributed by atoms with van der Waals surface area (Å²) in [4.78, 5) is 2.38. The van der Waals surface area contributed by atoms with E-state index in [4.69, 9.17) is 0 Å². The Balaban J connectivity index is 0.790. The zero-order valence-electron chi connectivity index (χ0n) is 40.5. The fraction of sp³-hybridized carbons (Fsp3) is 0.0857. The molecule has 10 aromatic rings. The maximum absolute atomic E-state index is 2.46. The van der Waals surface area contributed by atoms with Crippen LogP contribution in [0.5, 0.6) is 0 Å². The van der Waals surface area contributed by atoms with Gasteiger partial charge in [0.25, 0.3) is 0 Å². The Hall–Kier alpha value is -8.52. The molecule has 0 fully saturated rings. The zero-order chi connectivity index (χ0) is 48.0. The van der Waals surface area contributed by atoms with Crippen LogP contribution in [-0.4, -0.2) is 0 Å². The Morgan fingerprint density at radius 1 is 0.324 bits per heavy atom. The molecule has 1 aliphatic rings. The van der Waals surface area contributed by atoms with Gasteiger partial charge >= 0.3 is 0 Å². The minimum absolute atomic E-state index is 0.0639. The van der Waals surface area contributed by atoms with Gasteiger partial charge in [0.2, 0.25) is 0 Å². The van der Waals surface area contributed by atoms with E-state index in [2.05, 4.69) is 304 Å². The van der Waals surface area contributed by atoms with Crippen molar-refractivity contribution in [3.05, 3.63) is 316 Å². The van der Waals surface area contributed by atoms with Gasteiger partial charge in [-0.3, -0.25) is 0 Å². The fourth-order valence-electron chi connectivity index (χ4n) is 11.2. The second kappa shape index (κ2) is 19.8. The summed E-state index contributed by atoms with van der Waals surface area (Å²) >= 11 is 0. The van der Waals surface area contributed by atoms with Crippen LogP contribution in [0.2, 0.25) is 0 Å². The molecule has 0 amide bonds. The maximum Gasteiger partial charge on any atom is 0.0701 e. The molecule has 342 valence electrons. The summed E-state index contributed by atoms with van der Waals surface area (Å²) in [5, 5.41) is 0. The van der Waals surface area contributed by atoms with E-state index in [0.717, 1.165) is 24.2 Å². The van der Waals surface area contributed by atoms with E-state index in [9.17, 15) is 0 Å². The van der Waals surface area contributed by atoms with Crippen LogP contribution in [0, 0.1) is 0 Å². The average Bonchev–Trinajstić information content (AvgIpc) is 3.72. The van der Waals surface area contributed by atoms with Gasteiger partial charge in [-0.25, -0.2) is 0 Å². The standard InChI is InChI=1S/C70H57N/c1-3-69(4-2)67-50-55(40-48-65(67)66-49-47-64(51-68(66)69)71(62-26-16-8-17-27-62)63-28-18-9-19-29-63)37-36-53-32-30-52(31-33-53)34-35-54-38-41-56(42-39-54)57-43-45-61(46-44-57)70(58-20-10-5-11-21-58,59-22-12-6-13-23-59)60-24-14-7-15-25-60/h5-51H,3-4H2,1-2H3/b35-34+,37-36+. The van der Waals surface area contributed by atoms with Gasteiger partial charge in [-0.1, -0.05) is 263 Å². The van der Waals surface area contributed by atoms with Crippen molar-refractivity contribution in [2.75, 3.05) is 4.90 Å². The molecule has 0 aliphatic heterocycles. The molecule has 11 rings (SSSR count). The summed E-state index contributed by atoms with van der Waals surface area (Å²) in [6, 6.07) is 95.2. The molecule has 0 saturated carbocycles. The van der Waals surface area contributed by atoms with Gasteiger partial charge in [-0.15, -0.1) is 0 Å². The SMILES string of the molecule is CCC1(CC)c2cc(/C=C/c3ccc(/C=C/c4ccc(-c5ccc(C(c6ccccc6)(c6ccccc6)c6ccccc6)cc5)cc4)cc3)ccc2-c2ccc(N(c3ccccc3)c3ccccc3)cc21. The average molecular weight is 912 g/mol. The summed E-state index contributed by atoms with van der Waals surface area (Å²) in [5.74, 6) is 0. The minimum Gasteiger partial charge on any atom is -0.310 e. The van der Waals surface area contributed by atoms with Gasteiger partial charge in [0.1, 0.15) is 0 Å². The van der Waals surface area contributed by atoms with Crippen molar-refractivity contribution in [2.24, 2.45) is 0 Å². The maximum atomic E-state index is 2.46. The van der Waals surface area contributed by atoms with Gasteiger partial charge in [-0.05, 0) is 127 Å². The summed E-state index contributed by atoms with van der Waals surface area (Å²) in [7, 11) is 0. The predicted octanol–water partition coefficient (Wildman–Crippen LogP) is 18.6. The third-order valence-corrected chi connectivity index (χ3v) is 14.9. The molecular weight excluding hydrogens is 855 g/mol. The van der Waals surface area contributed by atoms with Crippen LogP contribution in [0.4, 0.5) is 17.1 Å².